The number of benzene rings is 1. The Hall–Kier alpha value is -1.09. The Morgan fingerprint density at radius 3 is 2.24 bits per heavy atom. The number of hydrogen-bond donors (Lipinski definition) is 0. The van der Waals surface area contributed by atoms with E-state index in [4.69, 9.17) is 9.47 Å². The van der Waals surface area contributed by atoms with E-state index in [2.05, 4.69) is 0 Å². The Bertz CT molecular complexity index is 634. The third-order valence-electron chi connectivity index (χ3n) is 3.83. The van der Waals surface area contributed by atoms with Gasteiger partial charge in [-0.3, -0.25) is 0 Å². The van der Waals surface area contributed by atoms with Crippen LogP contribution in [0.25, 0.3) is 0 Å². The lowest BCUT2D eigenvalue weighted by Crippen LogP contribution is -2.47. The molecular weight excluding hydrogens is 304 g/mol. The summed E-state index contributed by atoms with van der Waals surface area (Å²) >= 11 is 0. The van der Waals surface area contributed by atoms with Crippen molar-refractivity contribution in [1.82, 2.24) is 4.31 Å². The fourth-order valence-electron chi connectivity index (χ4n) is 2.64. The van der Waals surface area contributed by atoms with Gasteiger partial charge in [-0.05, 0) is 18.2 Å². The van der Waals surface area contributed by atoms with Gasteiger partial charge in [-0.25, -0.2) is 17.2 Å². The van der Waals surface area contributed by atoms with Crippen molar-refractivity contribution in [1.29, 1.82) is 0 Å². The largest absolute Gasteiger partial charge is 0.347 e. The summed E-state index contributed by atoms with van der Waals surface area (Å²) in [4.78, 5) is -0.245. The maximum absolute atomic E-state index is 13.2. The van der Waals surface area contributed by atoms with Crippen molar-refractivity contribution in [2.45, 2.75) is 23.5 Å². The molecule has 0 unspecified atom stereocenters. The maximum atomic E-state index is 13.2. The number of nitrogens with zero attached hydrogens (tertiary/aromatic N) is 1. The van der Waals surface area contributed by atoms with E-state index in [1.165, 1.54) is 4.31 Å². The zero-order valence-corrected chi connectivity index (χ0v) is 12.0. The van der Waals surface area contributed by atoms with Crippen molar-refractivity contribution in [3.63, 3.8) is 0 Å². The van der Waals surface area contributed by atoms with Crippen LogP contribution in [0.2, 0.25) is 0 Å². The summed E-state index contributed by atoms with van der Waals surface area (Å²) in [6.45, 7) is 1.47. The number of hydrogen-bond acceptors (Lipinski definition) is 4. The van der Waals surface area contributed by atoms with Crippen molar-refractivity contribution in [2.24, 2.45) is 0 Å². The average Bonchev–Trinajstić information content (AvgIpc) is 2.90. The quantitative estimate of drug-likeness (QED) is 0.829. The molecule has 116 valence electrons. The minimum atomic E-state index is -3.83. The van der Waals surface area contributed by atoms with E-state index < -0.39 is 27.4 Å². The van der Waals surface area contributed by atoms with Gasteiger partial charge in [-0.2, -0.15) is 4.31 Å². The van der Waals surface area contributed by atoms with Crippen molar-refractivity contribution < 1.29 is 26.7 Å². The molecule has 2 heterocycles. The van der Waals surface area contributed by atoms with Crippen molar-refractivity contribution in [3.8, 4) is 0 Å². The fourth-order valence-corrected chi connectivity index (χ4v) is 4.09. The standard InChI is InChI=1S/C13H15F2NO4S/c14-11-2-1-10(9-12(11)15)21(17,18)16-5-3-13(4-6-16)19-7-8-20-13/h1-2,9H,3-8H2. The Morgan fingerprint density at radius 1 is 1.05 bits per heavy atom. The third kappa shape index (κ3) is 2.68. The number of sulfonamides is 1. The second kappa shape index (κ2) is 5.28. The summed E-state index contributed by atoms with van der Waals surface area (Å²) in [7, 11) is -3.83. The highest BCUT2D eigenvalue weighted by Crippen LogP contribution is 2.33. The fraction of sp³-hybridized carbons (Fsp3) is 0.538. The van der Waals surface area contributed by atoms with Gasteiger partial charge in [0.15, 0.2) is 17.4 Å². The number of halogens is 2. The molecule has 0 aromatic heterocycles. The lowest BCUT2D eigenvalue weighted by atomic mass is 10.1. The average molecular weight is 319 g/mol. The Morgan fingerprint density at radius 2 is 1.67 bits per heavy atom. The first-order valence-corrected chi connectivity index (χ1v) is 8.10. The normalized spacial score (nSPS) is 22.8. The highest BCUT2D eigenvalue weighted by Gasteiger charge is 2.42. The lowest BCUT2D eigenvalue weighted by molar-refractivity contribution is -0.179. The van der Waals surface area contributed by atoms with Gasteiger partial charge in [0.25, 0.3) is 0 Å². The summed E-state index contributed by atoms with van der Waals surface area (Å²) < 4.78 is 63.3. The molecule has 8 heteroatoms. The second-order valence-electron chi connectivity index (χ2n) is 5.09. The Balaban J connectivity index is 1.78. The first kappa shape index (κ1) is 14.8. The van der Waals surface area contributed by atoms with Gasteiger partial charge in [-0.1, -0.05) is 0 Å². The van der Waals surface area contributed by atoms with Gasteiger partial charge < -0.3 is 9.47 Å². The van der Waals surface area contributed by atoms with Crippen LogP contribution in [0.1, 0.15) is 12.8 Å². The summed E-state index contributed by atoms with van der Waals surface area (Å²) in [6, 6.07) is 2.59. The Labute approximate surface area is 121 Å². The van der Waals surface area contributed by atoms with Crippen LogP contribution < -0.4 is 0 Å². The molecule has 21 heavy (non-hydrogen) atoms. The van der Waals surface area contributed by atoms with Crippen LogP contribution in [0.3, 0.4) is 0 Å². The molecule has 2 aliphatic rings. The van der Waals surface area contributed by atoms with E-state index in [0.29, 0.717) is 32.1 Å². The molecule has 2 saturated heterocycles. The van der Waals surface area contributed by atoms with Gasteiger partial charge in [0.1, 0.15) is 0 Å². The topological polar surface area (TPSA) is 55.8 Å². The summed E-state index contributed by atoms with van der Waals surface area (Å²) in [6.07, 6.45) is 0.853. The SMILES string of the molecule is O=S(=O)(c1ccc(F)c(F)c1)N1CCC2(CC1)OCCO2. The number of rotatable bonds is 2. The van der Waals surface area contributed by atoms with E-state index in [1.807, 2.05) is 0 Å². The zero-order chi connectivity index (χ0) is 15.1. The highest BCUT2D eigenvalue weighted by atomic mass is 32.2. The molecule has 0 N–H and O–H groups in total. The predicted molar refractivity (Wildman–Crippen MR) is 69.0 cm³/mol. The minimum absolute atomic E-state index is 0.224. The molecular formula is C13H15F2NO4S. The Kier molecular flexibility index (Phi) is 3.73. The van der Waals surface area contributed by atoms with Crippen LogP contribution in [0.5, 0.6) is 0 Å². The monoisotopic (exact) mass is 319 g/mol. The molecule has 2 fully saturated rings. The van der Waals surface area contributed by atoms with Gasteiger partial charge in [0.05, 0.1) is 18.1 Å². The molecule has 1 aromatic carbocycles. The third-order valence-corrected chi connectivity index (χ3v) is 5.72. The molecule has 1 spiro atoms. The van der Waals surface area contributed by atoms with Gasteiger partial charge in [-0.15, -0.1) is 0 Å². The van der Waals surface area contributed by atoms with Gasteiger partial charge in [0, 0.05) is 25.9 Å². The molecule has 3 rings (SSSR count). The second-order valence-corrected chi connectivity index (χ2v) is 7.03. The molecule has 5 nitrogen and oxygen atoms in total. The van der Waals surface area contributed by atoms with Gasteiger partial charge >= 0.3 is 0 Å². The maximum Gasteiger partial charge on any atom is 0.243 e. The van der Waals surface area contributed by atoms with E-state index >= 15 is 0 Å². The van der Waals surface area contributed by atoms with Crippen molar-refractivity contribution in [2.75, 3.05) is 26.3 Å². The number of piperidine rings is 1. The van der Waals surface area contributed by atoms with Crippen LogP contribution in [-0.2, 0) is 19.5 Å². The van der Waals surface area contributed by atoms with E-state index in [-0.39, 0.29) is 18.0 Å². The first-order chi connectivity index (χ1) is 9.93. The van der Waals surface area contributed by atoms with E-state index in [9.17, 15) is 17.2 Å². The molecule has 0 saturated carbocycles. The smallest absolute Gasteiger partial charge is 0.243 e. The summed E-state index contributed by atoms with van der Waals surface area (Å²) in [5.41, 5.74) is 0. The molecule has 2 aliphatic heterocycles. The molecule has 0 amide bonds. The lowest BCUT2D eigenvalue weighted by Gasteiger charge is -2.36. The van der Waals surface area contributed by atoms with E-state index in [1.54, 1.807) is 0 Å². The van der Waals surface area contributed by atoms with E-state index in [0.717, 1.165) is 12.1 Å². The molecule has 0 radical (unpaired) electrons. The first-order valence-electron chi connectivity index (χ1n) is 6.66. The minimum Gasteiger partial charge on any atom is -0.347 e. The molecule has 0 atom stereocenters. The highest BCUT2D eigenvalue weighted by molar-refractivity contribution is 7.89. The summed E-state index contributed by atoms with van der Waals surface area (Å²) in [5.74, 6) is -2.92. The number of ether oxygens (including phenoxy) is 2. The van der Waals surface area contributed by atoms with Crippen LogP contribution in [0.15, 0.2) is 23.1 Å². The molecule has 1 aromatic rings. The van der Waals surface area contributed by atoms with Crippen LogP contribution in [0.4, 0.5) is 8.78 Å². The van der Waals surface area contributed by atoms with Crippen LogP contribution in [-0.4, -0.2) is 44.8 Å². The summed E-state index contributed by atoms with van der Waals surface area (Å²) in [5, 5.41) is 0. The molecule has 0 bridgehead atoms. The van der Waals surface area contributed by atoms with Crippen molar-refractivity contribution >= 4 is 10.0 Å². The predicted octanol–water partition coefficient (Wildman–Crippen LogP) is 1.49. The van der Waals surface area contributed by atoms with Crippen LogP contribution >= 0.6 is 0 Å². The molecule has 0 aliphatic carbocycles. The van der Waals surface area contributed by atoms with Gasteiger partial charge in [0.2, 0.25) is 10.0 Å². The zero-order valence-electron chi connectivity index (χ0n) is 11.2. The van der Waals surface area contributed by atoms with Crippen molar-refractivity contribution in [3.05, 3.63) is 29.8 Å². The van der Waals surface area contributed by atoms with Crippen LogP contribution in [0, 0.1) is 11.6 Å².